The first-order chi connectivity index (χ1) is 8.25. The van der Waals surface area contributed by atoms with Crippen LogP contribution in [0.25, 0.3) is 0 Å². The Morgan fingerprint density at radius 3 is 3.12 bits per heavy atom. The van der Waals surface area contributed by atoms with Gasteiger partial charge in [-0.3, -0.25) is 4.79 Å². The molecule has 3 heterocycles. The predicted octanol–water partition coefficient (Wildman–Crippen LogP) is 0.244. The number of fused-ring (bicyclic) bond motifs is 1. The normalized spacial score (nSPS) is 28.2. The lowest BCUT2D eigenvalue weighted by Gasteiger charge is -2.24. The number of imidazole rings is 1. The molecule has 1 aromatic heterocycles. The topological polar surface area (TPSA) is 50.2 Å². The third-order valence-corrected chi connectivity index (χ3v) is 3.92. The molecular weight excluding hydrogens is 216 g/mol. The van der Waals surface area contributed by atoms with Crippen LogP contribution >= 0.6 is 0 Å². The smallest absolute Gasteiger partial charge is 0.272 e. The van der Waals surface area contributed by atoms with Gasteiger partial charge in [0.2, 0.25) is 0 Å². The van der Waals surface area contributed by atoms with Crippen LogP contribution in [0.2, 0.25) is 0 Å². The average molecular weight is 234 g/mol. The van der Waals surface area contributed by atoms with E-state index in [4.69, 9.17) is 0 Å². The van der Waals surface area contributed by atoms with Crippen LogP contribution in [0.4, 0.5) is 0 Å². The second kappa shape index (κ2) is 4.14. The van der Waals surface area contributed by atoms with Crippen molar-refractivity contribution in [1.82, 2.24) is 19.8 Å². The molecule has 0 aliphatic carbocycles. The van der Waals surface area contributed by atoms with Gasteiger partial charge in [-0.25, -0.2) is 4.98 Å². The van der Waals surface area contributed by atoms with E-state index in [2.05, 4.69) is 10.3 Å². The fourth-order valence-electron chi connectivity index (χ4n) is 2.94. The van der Waals surface area contributed by atoms with Gasteiger partial charge in [0, 0.05) is 26.2 Å². The molecule has 2 aliphatic heterocycles. The largest absolute Gasteiger partial charge is 0.335 e. The zero-order chi connectivity index (χ0) is 11.8. The van der Waals surface area contributed by atoms with E-state index in [-0.39, 0.29) is 5.91 Å². The minimum absolute atomic E-state index is 0.112. The van der Waals surface area contributed by atoms with E-state index in [1.54, 1.807) is 17.1 Å². The number of rotatable bonds is 1. The first-order valence-electron chi connectivity index (χ1n) is 6.24. The molecule has 92 valence electrons. The average Bonchev–Trinajstić information content (AvgIpc) is 2.93. The molecule has 1 N–H and O–H groups in total. The molecular formula is C12H18N4O. The molecule has 5 heteroatoms. The Balaban J connectivity index is 1.74. The third kappa shape index (κ3) is 1.84. The summed E-state index contributed by atoms with van der Waals surface area (Å²) in [5, 5.41) is 3.51. The van der Waals surface area contributed by atoms with Crippen molar-refractivity contribution in [3.05, 3.63) is 18.2 Å². The number of nitrogens with zero attached hydrogens (tertiary/aromatic N) is 3. The van der Waals surface area contributed by atoms with Crippen molar-refractivity contribution in [1.29, 1.82) is 0 Å². The maximum atomic E-state index is 12.3. The number of aryl methyl sites for hydroxylation is 1. The Morgan fingerprint density at radius 2 is 2.41 bits per heavy atom. The fraction of sp³-hybridized carbons (Fsp3) is 0.667. The quantitative estimate of drug-likeness (QED) is 0.757. The number of carbonyl (C=O) groups is 1. The molecule has 2 aliphatic rings. The van der Waals surface area contributed by atoms with E-state index in [0.717, 1.165) is 19.6 Å². The van der Waals surface area contributed by atoms with Gasteiger partial charge >= 0.3 is 0 Å². The van der Waals surface area contributed by atoms with Crippen molar-refractivity contribution in [2.45, 2.75) is 18.9 Å². The highest BCUT2D eigenvalue weighted by Crippen LogP contribution is 2.25. The minimum Gasteiger partial charge on any atom is -0.335 e. The summed E-state index contributed by atoms with van der Waals surface area (Å²) in [4.78, 5) is 18.3. The van der Waals surface area contributed by atoms with Gasteiger partial charge in [0.1, 0.15) is 5.69 Å². The summed E-state index contributed by atoms with van der Waals surface area (Å²) < 4.78 is 1.79. The number of likely N-dealkylation sites (tertiary alicyclic amines) is 1. The Hall–Kier alpha value is -1.36. The number of nitrogens with one attached hydrogen (secondary N) is 1. The number of piperidine rings is 1. The van der Waals surface area contributed by atoms with E-state index in [0.29, 0.717) is 17.7 Å². The van der Waals surface area contributed by atoms with Gasteiger partial charge in [-0.05, 0) is 25.3 Å². The highest BCUT2D eigenvalue weighted by atomic mass is 16.2. The summed E-state index contributed by atoms with van der Waals surface area (Å²) in [7, 11) is 1.86. The second-order valence-corrected chi connectivity index (χ2v) is 5.06. The van der Waals surface area contributed by atoms with Crippen LogP contribution in [0.5, 0.6) is 0 Å². The molecule has 0 spiro atoms. The van der Waals surface area contributed by atoms with Crippen molar-refractivity contribution >= 4 is 5.91 Å². The van der Waals surface area contributed by atoms with Crippen molar-refractivity contribution in [3.8, 4) is 0 Å². The summed E-state index contributed by atoms with van der Waals surface area (Å²) in [5.74, 6) is 0.752. The maximum Gasteiger partial charge on any atom is 0.272 e. The number of aromatic nitrogens is 2. The van der Waals surface area contributed by atoms with Crippen molar-refractivity contribution < 1.29 is 4.79 Å². The first-order valence-corrected chi connectivity index (χ1v) is 6.24. The second-order valence-electron chi connectivity index (χ2n) is 5.06. The SMILES string of the molecule is Cn1cncc1C(=O)N1CC2CCCNC2C1. The molecule has 2 atom stereocenters. The monoisotopic (exact) mass is 234 g/mol. The number of amides is 1. The van der Waals surface area contributed by atoms with Gasteiger partial charge in [0.25, 0.3) is 5.91 Å². The first kappa shape index (κ1) is 10.8. The van der Waals surface area contributed by atoms with Crippen LogP contribution in [-0.4, -0.2) is 46.0 Å². The number of hydrogen-bond donors (Lipinski definition) is 1. The molecule has 5 nitrogen and oxygen atoms in total. The Bertz CT molecular complexity index is 414. The zero-order valence-corrected chi connectivity index (χ0v) is 10.1. The molecule has 0 bridgehead atoms. The van der Waals surface area contributed by atoms with Gasteiger partial charge in [0.15, 0.2) is 0 Å². The van der Waals surface area contributed by atoms with Crippen molar-refractivity contribution in [2.75, 3.05) is 19.6 Å². The lowest BCUT2D eigenvalue weighted by molar-refractivity contribution is 0.0776. The predicted molar refractivity (Wildman–Crippen MR) is 63.6 cm³/mol. The van der Waals surface area contributed by atoms with E-state index < -0.39 is 0 Å². The molecule has 1 amide bonds. The lowest BCUT2D eigenvalue weighted by Crippen LogP contribution is -2.41. The molecule has 2 fully saturated rings. The van der Waals surface area contributed by atoms with Crippen molar-refractivity contribution in [3.63, 3.8) is 0 Å². The van der Waals surface area contributed by atoms with Crippen LogP contribution in [0.1, 0.15) is 23.3 Å². The van der Waals surface area contributed by atoms with Gasteiger partial charge in [0.05, 0.1) is 12.5 Å². The van der Waals surface area contributed by atoms with E-state index in [1.165, 1.54) is 12.8 Å². The highest BCUT2D eigenvalue weighted by molar-refractivity contribution is 5.92. The summed E-state index contributed by atoms with van der Waals surface area (Å²) >= 11 is 0. The minimum atomic E-state index is 0.112. The van der Waals surface area contributed by atoms with Gasteiger partial charge < -0.3 is 14.8 Å². The van der Waals surface area contributed by atoms with Crippen LogP contribution < -0.4 is 5.32 Å². The van der Waals surface area contributed by atoms with Crippen LogP contribution in [0.15, 0.2) is 12.5 Å². The fourth-order valence-corrected chi connectivity index (χ4v) is 2.94. The summed E-state index contributed by atoms with van der Waals surface area (Å²) in [5.41, 5.74) is 0.684. The third-order valence-electron chi connectivity index (χ3n) is 3.92. The number of hydrogen-bond acceptors (Lipinski definition) is 3. The van der Waals surface area contributed by atoms with Crippen LogP contribution in [-0.2, 0) is 7.05 Å². The summed E-state index contributed by atoms with van der Waals surface area (Å²) in [6.45, 7) is 2.82. The standard InChI is InChI=1S/C12H18N4O/c1-15-8-13-5-11(15)12(17)16-6-9-3-2-4-14-10(9)7-16/h5,8-10,14H,2-4,6-7H2,1H3. The Morgan fingerprint density at radius 1 is 1.53 bits per heavy atom. The van der Waals surface area contributed by atoms with Gasteiger partial charge in [-0.2, -0.15) is 0 Å². The molecule has 0 radical (unpaired) electrons. The van der Waals surface area contributed by atoms with Crippen molar-refractivity contribution in [2.24, 2.45) is 13.0 Å². The molecule has 2 saturated heterocycles. The van der Waals surface area contributed by atoms with E-state index in [9.17, 15) is 4.79 Å². The highest BCUT2D eigenvalue weighted by Gasteiger charge is 2.37. The lowest BCUT2D eigenvalue weighted by atomic mass is 9.94. The molecule has 17 heavy (non-hydrogen) atoms. The maximum absolute atomic E-state index is 12.3. The zero-order valence-electron chi connectivity index (χ0n) is 10.1. The van der Waals surface area contributed by atoms with Gasteiger partial charge in [-0.1, -0.05) is 0 Å². The summed E-state index contributed by atoms with van der Waals surface area (Å²) in [6.07, 6.45) is 5.80. The van der Waals surface area contributed by atoms with E-state index >= 15 is 0 Å². The number of carbonyl (C=O) groups excluding carboxylic acids is 1. The molecule has 0 saturated carbocycles. The Labute approximate surface area is 101 Å². The molecule has 1 aromatic rings. The van der Waals surface area contributed by atoms with Gasteiger partial charge in [-0.15, -0.1) is 0 Å². The Kier molecular flexibility index (Phi) is 2.63. The van der Waals surface area contributed by atoms with Crippen LogP contribution in [0.3, 0.4) is 0 Å². The van der Waals surface area contributed by atoms with E-state index in [1.807, 2.05) is 11.9 Å². The molecule has 3 rings (SSSR count). The molecule has 2 unspecified atom stereocenters. The summed E-state index contributed by atoms with van der Waals surface area (Å²) in [6, 6.07) is 0.501. The van der Waals surface area contributed by atoms with Crippen LogP contribution in [0, 0.1) is 5.92 Å². The molecule has 0 aromatic carbocycles.